The number of esters is 1. The molecule has 1 unspecified atom stereocenters. The summed E-state index contributed by atoms with van der Waals surface area (Å²) in [6.07, 6.45) is -3.87. The van der Waals surface area contributed by atoms with Crippen LogP contribution in [0.25, 0.3) is 16.8 Å². The van der Waals surface area contributed by atoms with Crippen molar-refractivity contribution in [2.24, 2.45) is 5.41 Å². The molecule has 2 atom stereocenters. The fraction of sp³-hybridized carbons (Fsp3) is 0.382. The van der Waals surface area contributed by atoms with E-state index in [-0.39, 0.29) is 35.1 Å². The smallest absolute Gasteiger partial charge is 0.429 e. The van der Waals surface area contributed by atoms with Crippen LogP contribution in [0.2, 0.25) is 0 Å². The van der Waals surface area contributed by atoms with Crippen molar-refractivity contribution in [3.63, 3.8) is 0 Å². The van der Waals surface area contributed by atoms with Gasteiger partial charge in [0, 0.05) is 37.5 Å². The van der Waals surface area contributed by atoms with Gasteiger partial charge in [-0.05, 0) is 73.9 Å². The third-order valence-electron chi connectivity index (χ3n) is 9.06. The number of hydrogen-bond donors (Lipinski definition) is 3. The quantitative estimate of drug-likeness (QED) is 0.202. The first-order valence-electron chi connectivity index (χ1n) is 15.9. The zero-order chi connectivity index (χ0) is 34.9. The highest BCUT2D eigenvalue weighted by Crippen LogP contribution is 2.43. The summed E-state index contributed by atoms with van der Waals surface area (Å²) in [7, 11) is 0. The molecule has 2 aromatic carbocycles. The van der Waals surface area contributed by atoms with E-state index in [1.807, 2.05) is 4.90 Å². The lowest BCUT2D eigenvalue weighted by molar-refractivity contribution is -0.198. The Bertz CT molecular complexity index is 1840. The maximum Gasteiger partial charge on any atom is 0.429 e. The predicted octanol–water partition coefficient (Wildman–Crippen LogP) is 5.11. The average molecular weight is 680 g/mol. The second-order valence-corrected chi connectivity index (χ2v) is 12.4. The third kappa shape index (κ3) is 7.31. The molecule has 6 rings (SSSR count). The number of halogens is 3. The molecule has 2 fully saturated rings. The summed E-state index contributed by atoms with van der Waals surface area (Å²) < 4.78 is 56.7. The van der Waals surface area contributed by atoms with Gasteiger partial charge < -0.3 is 30.5 Å². The lowest BCUT2D eigenvalue weighted by Gasteiger charge is -2.39. The van der Waals surface area contributed by atoms with E-state index in [2.05, 4.69) is 20.4 Å². The summed E-state index contributed by atoms with van der Waals surface area (Å²) >= 11 is 0. The van der Waals surface area contributed by atoms with Gasteiger partial charge in [0.25, 0.3) is 0 Å². The maximum absolute atomic E-state index is 14.9. The minimum atomic E-state index is -4.87. The molecule has 2 aliphatic rings. The molecule has 2 aliphatic heterocycles. The number of nitrogens with two attached hydrogens (primary N) is 1. The highest BCUT2D eigenvalue weighted by Gasteiger charge is 2.46. The molecular weight excluding hydrogens is 643 g/mol. The number of carbonyl (C=O) groups is 2. The van der Waals surface area contributed by atoms with Gasteiger partial charge >= 0.3 is 18.1 Å². The number of carbonyl (C=O) groups excluding carboxylic acids is 1. The Hall–Kier alpha value is -5.18. The molecule has 0 amide bonds. The second-order valence-electron chi connectivity index (χ2n) is 12.4. The first-order chi connectivity index (χ1) is 23.3. The first-order valence-corrected chi connectivity index (χ1v) is 15.9. The summed E-state index contributed by atoms with van der Waals surface area (Å²) in [4.78, 5) is 33.8. The lowest BCUT2D eigenvalue weighted by Crippen LogP contribution is -2.41. The highest BCUT2D eigenvalue weighted by molar-refractivity contribution is 5.90. The van der Waals surface area contributed by atoms with Crippen LogP contribution in [0.4, 0.5) is 24.9 Å². The molecule has 0 radical (unpaired) electrons. The van der Waals surface area contributed by atoms with Crippen LogP contribution in [0.15, 0.2) is 60.8 Å². The topological polar surface area (TPSA) is 158 Å². The van der Waals surface area contributed by atoms with Crippen LogP contribution in [0.5, 0.6) is 5.88 Å². The monoisotopic (exact) mass is 679 g/mol. The van der Waals surface area contributed by atoms with E-state index in [0.29, 0.717) is 67.1 Å². The van der Waals surface area contributed by atoms with E-state index >= 15 is 0 Å². The Morgan fingerprint density at radius 2 is 1.80 bits per heavy atom. The summed E-state index contributed by atoms with van der Waals surface area (Å²) in [5.74, 6) is -1.62. The maximum atomic E-state index is 14.9. The molecule has 0 aliphatic carbocycles. The van der Waals surface area contributed by atoms with Crippen molar-refractivity contribution < 1.29 is 37.3 Å². The predicted molar refractivity (Wildman–Crippen MR) is 173 cm³/mol. The standard InChI is InChI=1S/C34H36F3N7O5/c1-3-48-31(47)22-6-4-21(5-7-22)23-8-9-24(26(16-23)44-13-10-20(2)42-44)29(34(35,36)37)49-28-17-27(40-32(38)41-28)43-14-11-33(12-15-43)18-25(30(45)46)39-19-33/h4-10,13,16-17,25,29,39H,3,11-12,14-15,18-19H2,1-2H3,(H,45,46)(H2,38,40,41)/t25?,29-/m1/s1. The van der Waals surface area contributed by atoms with Crippen LogP contribution in [-0.4, -0.2) is 75.3 Å². The molecular formula is C34H36F3N7O5. The highest BCUT2D eigenvalue weighted by atomic mass is 19.4. The lowest BCUT2D eigenvalue weighted by atomic mass is 9.76. The van der Waals surface area contributed by atoms with Crippen LogP contribution in [0.1, 0.15) is 53.9 Å². The summed E-state index contributed by atoms with van der Waals surface area (Å²) in [6.45, 7) is 5.28. The molecule has 0 saturated carbocycles. The number of nitrogens with one attached hydrogen (secondary N) is 1. The molecule has 15 heteroatoms. The molecule has 1 spiro atoms. The number of nitrogen functional groups attached to an aromatic ring is 1. The number of aliphatic carboxylic acids is 1. The normalized spacial score (nSPS) is 18.0. The van der Waals surface area contributed by atoms with Crippen molar-refractivity contribution in [1.29, 1.82) is 0 Å². The van der Waals surface area contributed by atoms with Crippen LogP contribution in [0.3, 0.4) is 0 Å². The van der Waals surface area contributed by atoms with Gasteiger partial charge in [-0.25, -0.2) is 9.48 Å². The number of ether oxygens (including phenoxy) is 2. The summed E-state index contributed by atoms with van der Waals surface area (Å²) in [5.41, 5.74) is 7.95. The number of aromatic nitrogens is 4. The van der Waals surface area contributed by atoms with Gasteiger partial charge in [0.05, 0.1) is 23.6 Å². The third-order valence-corrected chi connectivity index (χ3v) is 9.06. The Morgan fingerprint density at radius 1 is 1.08 bits per heavy atom. The molecule has 4 heterocycles. The van der Waals surface area contributed by atoms with Crippen molar-refractivity contribution in [1.82, 2.24) is 25.1 Å². The minimum Gasteiger partial charge on any atom is -0.480 e. The van der Waals surface area contributed by atoms with Crippen LogP contribution < -0.4 is 20.7 Å². The Kier molecular flexibility index (Phi) is 9.20. The number of benzene rings is 2. The molecule has 0 bridgehead atoms. The number of anilines is 2. The Balaban J connectivity index is 1.29. The number of aryl methyl sites for hydroxylation is 1. The number of carboxylic acid groups (broad SMARTS) is 1. The van der Waals surface area contributed by atoms with Crippen molar-refractivity contribution >= 4 is 23.7 Å². The van der Waals surface area contributed by atoms with Crippen molar-refractivity contribution in [2.45, 2.75) is 51.4 Å². The van der Waals surface area contributed by atoms with Gasteiger partial charge in [-0.1, -0.05) is 24.3 Å². The van der Waals surface area contributed by atoms with Gasteiger partial charge in [0.15, 0.2) is 0 Å². The zero-order valence-electron chi connectivity index (χ0n) is 26.9. The van der Waals surface area contributed by atoms with E-state index in [4.69, 9.17) is 15.2 Å². The molecule has 12 nitrogen and oxygen atoms in total. The number of carboxylic acids is 1. The van der Waals surface area contributed by atoms with E-state index in [1.54, 1.807) is 62.5 Å². The summed E-state index contributed by atoms with van der Waals surface area (Å²) in [6, 6.07) is 13.5. The van der Waals surface area contributed by atoms with Crippen molar-refractivity contribution in [3.8, 4) is 22.7 Å². The molecule has 4 N–H and O–H groups in total. The second kappa shape index (κ2) is 13.4. The van der Waals surface area contributed by atoms with Gasteiger partial charge in [-0.2, -0.15) is 28.2 Å². The van der Waals surface area contributed by atoms with Crippen LogP contribution in [-0.2, 0) is 9.53 Å². The van der Waals surface area contributed by atoms with E-state index in [0.717, 1.165) is 0 Å². The van der Waals surface area contributed by atoms with Gasteiger partial charge in [-0.15, -0.1) is 0 Å². The molecule has 258 valence electrons. The molecule has 49 heavy (non-hydrogen) atoms. The Labute approximate surface area is 280 Å². The SMILES string of the molecule is CCOC(=O)c1ccc(-c2ccc([C@@H](Oc3cc(N4CCC5(CC4)CNC(C(=O)O)C5)nc(N)n3)C(F)(F)F)c(-n3ccc(C)n3)c2)cc1. The van der Waals surface area contributed by atoms with Gasteiger partial charge in [-0.3, -0.25) is 4.79 Å². The van der Waals surface area contributed by atoms with Crippen molar-refractivity contribution in [3.05, 3.63) is 77.6 Å². The largest absolute Gasteiger partial charge is 0.480 e. The zero-order valence-corrected chi connectivity index (χ0v) is 26.9. The van der Waals surface area contributed by atoms with E-state index < -0.39 is 30.3 Å². The number of alkyl halides is 3. The molecule has 2 saturated heterocycles. The number of hydrogen-bond acceptors (Lipinski definition) is 10. The van der Waals surface area contributed by atoms with Gasteiger partial charge in [0.2, 0.25) is 17.9 Å². The van der Waals surface area contributed by atoms with Crippen LogP contribution >= 0.6 is 0 Å². The van der Waals surface area contributed by atoms with E-state index in [9.17, 15) is 27.9 Å². The number of rotatable bonds is 9. The number of nitrogens with zero attached hydrogens (tertiary/aromatic N) is 5. The minimum absolute atomic E-state index is 0.135. The fourth-order valence-electron chi connectivity index (χ4n) is 6.47. The average Bonchev–Trinajstić information content (AvgIpc) is 3.70. The van der Waals surface area contributed by atoms with Crippen LogP contribution in [0, 0.1) is 12.3 Å². The van der Waals surface area contributed by atoms with E-state index in [1.165, 1.54) is 16.8 Å². The number of piperidine rings is 1. The molecule has 2 aromatic heterocycles. The van der Waals surface area contributed by atoms with Crippen molar-refractivity contribution in [2.75, 3.05) is 36.9 Å². The summed E-state index contributed by atoms with van der Waals surface area (Å²) in [5, 5.41) is 16.9. The fourth-order valence-corrected chi connectivity index (χ4v) is 6.47. The molecule has 4 aromatic rings. The van der Waals surface area contributed by atoms with Gasteiger partial charge in [0.1, 0.15) is 11.9 Å². The Morgan fingerprint density at radius 3 is 2.41 bits per heavy atom. The first kappa shape index (κ1) is 33.7.